The monoisotopic (exact) mass is 205 g/mol. The predicted molar refractivity (Wildman–Crippen MR) is 40.6 cm³/mol. The topological polar surface area (TPSA) is 90.4 Å². The first-order chi connectivity index (χ1) is 6.43. The van der Waals surface area contributed by atoms with Crippen LogP contribution in [0.1, 0.15) is 22.3 Å². The minimum Gasteiger partial charge on any atom is -0.494 e. The summed E-state index contributed by atoms with van der Waals surface area (Å²) in [6, 6.07) is 0.438. The normalized spacial score (nSPS) is 10.5. The largest absolute Gasteiger partial charge is 0.494 e. The average Bonchev–Trinajstić information content (AvgIpc) is 2.01. The first-order valence-electron chi connectivity index (χ1n) is 3.41. The molecule has 76 valence electrons. The highest BCUT2D eigenvalue weighted by molar-refractivity contribution is 5.91. The minimum absolute atomic E-state index is 0.438. The molecule has 1 aromatic rings. The van der Waals surface area contributed by atoms with Gasteiger partial charge in [0, 0.05) is 11.6 Å². The lowest BCUT2D eigenvalue weighted by Gasteiger charge is -2.05. The van der Waals surface area contributed by atoms with Crippen molar-refractivity contribution in [3.05, 3.63) is 27.5 Å². The molecule has 0 bridgehead atoms. The van der Waals surface area contributed by atoms with E-state index in [4.69, 9.17) is 10.2 Å². The number of carboxylic acid groups (broad SMARTS) is 1. The lowest BCUT2D eigenvalue weighted by Crippen LogP contribution is -2.13. The molecule has 0 spiro atoms. The smallest absolute Gasteiger partial charge is 0.341 e. The van der Waals surface area contributed by atoms with Gasteiger partial charge >= 0.3 is 5.97 Å². The first kappa shape index (κ1) is 10.2. The van der Waals surface area contributed by atoms with Crippen LogP contribution >= 0.6 is 0 Å². The molecule has 1 aromatic heterocycles. The van der Waals surface area contributed by atoms with Crippen molar-refractivity contribution in [2.45, 2.75) is 6.43 Å². The number of halogens is 2. The molecule has 0 aliphatic rings. The lowest BCUT2D eigenvalue weighted by molar-refractivity contribution is 0.0679. The van der Waals surface area contributed by atoms with Crippen molar-refractivity contribution in [2.24, 2.45) is 0 Å². The number of aromatic amines is 1. The third kappa shape index (κ3) is 1.70. The molecule has 1 rings (SSSR count). The number of aromatic hydroxyl groups is 1. The summed E-state index contributed by atoms with van der Waals surface area (Å²) in [5, 5.41) is 17.4. The molecule has 14 heavy (non-hydrogen) atoms. The molecule has 3 N–H and O–H groups in total. The van der Waals surface area contributed by atoms with E-state index in [9.17, 15) is 18.4 Å². The fourth-order valence-electron chi connectivity index (χ4n) is 0.962. The summed E-state index contributed by atoms with van der Waals surface area (Å²) < 4.78 is 24.4. The SMILES string of the molecule is O=C(O)c1c(C(F)F)cc(=O)[nH]c1O. The molecule has 0 radical (unpaired) electrons. The maximum atomic E-state index is 12.2. The van der Waals surface area contributed by atoms with Gasteiger partial charge in [-0.3, -0.25) is 9.78 Å². The first-order valence-corrected chi connectivity index (χ1v) is 3.41. The summed E-state index contributed by atoms with van der Waals surface area (Å²) in [5.74, 6) is -2.80. The number of rotatable bonds is 2. The van der Waals surface area contributed by atoms with Crippen LogP contribution in [0.3, 0.4) is 0 Å². The van der Waals surface area contributed by atoms with Gasteiger partial charge in [-0.05, 0) is 0 Å². The van der Waals surface area contributed by atoms with E-state index in [1.807, 2.05) is 0 Å². The summed E-state index contributed by atoms with van der Waals surface area (Å²) in [5.41, 5.74) is -2.97. The third-order valence-electron chi connectivity index (χ3n) is 1.50. The van der Waals surface area contributed by atoms with E-state index >= 15 is 0 Å². The molecule has 0 aliphatic carbocycles. The molecule has 0 saturated heterocycles. The van der Waals surface area contributed by atoms with Crippen LogP contribution in [0.4, 0.5) is 8.78 Å². The van der Waals surface area contributed by atoms with Gasteiger partial charge in [-0.15, -0.1) is 0 Å². The lowest BCUT2D eigenvalue weighted by atomic mass is 10.1. The van der Waals surface area contributed by atoms with Crippen LogP contribution in [0.15, 0.2) is 10.9 Å². The van der Waals surface area contributed by atoms with Crippen molar-refractivity contribution in [2.75, 3.05) is 0 Å². The van der Waals surface area contributed by atoms with E-state index in [0.29, 0.717) is 6.07 Å². The summed E-state index contributed by atoms with van der Waals surface area (Å²) in [6.45, 7) is 0. The maximum absolute atomic E-state index is 12.2. The molecular formula is C7H5F2NO4. The highest BCUT2D eigenvalue weighted by Gasteiger charge is 2.22. The Hall–Kier alpha value is -1.92. The molecule has 5 nitrogen and oxygen atoms in total. The van der Waals surface area contributed by atoms with Gasteiger partial charge in [0.15, 0.2) is 0 Å². The van der Waals surface area contributed by atoms with Crippen LogP contribution in [0.25, 0.3) is 0 Å². The van der Waals surface area contributed by atoms with Crippen molar-refractivity contribution in [1.29, 1.82) is 0 Å². The minimum atomic E-state index is -3.13. The van der Waals surface area contributed by atoms with Crippen molar-refractivity contribution >= 4 is 5.97 Å². The molecular weight excluding hydrogens is 200 g/mol. The van der Waals surface area contributed by atoms with E-state index in [1.54, 1.807) is 4.98 Å². The molecule has 0 aromatic carbocycles. The van der Waals surface area contributed by atoms with Crippen LogP contribution in [-0.2, 0) is 0 Å². The van der Waals surface area contributed by atoms with E-state index in [2.05, 4.69) is 0 Å². The van der Waals surface area contributed by atoms with Gasteiger partial charge in [0.2, 0.25) is 5.88 Å². The average molecular weight is 205 g/mol. The van der Waals surface area contributed by atoms with E-state index in [-0.39, 0.29) is 0 Å². The van der Waals surface area contributed by atoms with Crippen LogP contribution in [0.5, 0.6) is 5.88 Å². The summed E-state index contributed by atoms with van der Waals surface area (Å²) in [4.78, 5) is 22.8. The number of pyridine rings is 1. The Morgan fingerprint density at radius 1 is 1.50 bits per heavy atom. The molecule has 7 heteroatoms. The van der Waals surface area contributed by atoms with Gasteiger partial charge < -0.3 is 10.2 Å². The van der Waals surface area contributed by atoms with Gasteiger partial charge in [0.25, 0.3) is 12.0 Å². The highest BCUT2D eigenvalue weighted by Crippen LogP contribution is 2.25. The molecule has 0 saturated carbocycles. The van der Waals surface area contributed by atoms with Crippen molar-refractivity contribution < 1.29 is 23.8 Å². The van der Waals surface area contributed by atoms with E-state index in [1.165, 1.54) is 0 Å². The molecule has 1 heterocycles. The zero-order chi connectivity index (χ0) is 10.9. The van der Waals surface area contributed by atoms with E-state index < -0.39 is 35.0 Å². The Morgan fingerprint density at radius 3 is 2.50 bits per heavy atom. The Kier molecular flexibility index (Phi) is 2.50. The van der Waals surface area contributed by atoms with Gasteiger partial charge in [0.1, 0.15) is 5.56 Å². The summed E-state index contributed by atoms with van der Waals surface area (Å²) >= 11 is 0. The summed E-state index contributed by atoms with van der Waals surface area (Å²) in [6.07, 6.45) is -3.13. The zero-order valence-electron chi connectivity index (χ0n) is 6.62. The van der Waals surface area contributed by atoms with Gasteiger partial charge in [-0.25, -0.2) is 13.6 Å². The van der Waals surface area contributed by atoms with Crippen molar-refractivity contribution in [1.82, 2.24) is 4.98 Å². The number of alkyl halides is 2. The quantitative estimate of drug-likeness (QED) is 0.663. The van der Waals surface area contributed by atoms with Crippen LogP contribution in [-0.4, -0.2) is 21.2 Å². The highest BCUT2D eigenvalue weighted by atomic mass is 19.3. The van der Waals surface area contributed by atoms with Crippen molar-refractivity contribution in [3.63, 3.8) is 0 Å². The van der Waals surface area contributed by atoms with Crippen LogP contribution in [0, 0.1) is 0 Å². The van der Waals surface area contributed by atoms with Gasteiger partial charge in [-0.1, -0.05) is 0 Å². The predicted octanol–water partition coefficient (Wildman–Crippen LogP) is 0.716. The Balaban J connectivity index is 3.52. The Bertz CT molecular complexity index is 426. The second-order valence-corrected chi connectivity index (χ2v) is 2.42. The number of aromatic nitrogens is 1. The number of aromatic carboxylic acids is 1. The second kappa shape index (κ2) is 3.44. The van der Waals surface area contributed by atoms with Crippen molar-refractivity contribution in [3.8, 4) is 5.88 Å². The number of hydrogen-bond donors (Lipinski definition) is 3. The standard InChI is InChI=1S/C7H5F2NO4/c8-5(9)2-1-3(11)10-6(12)4(2)7(13)14/h1,5H,(H,13,14)(H2,10,11,12). The van der Waals surface area contributed by atoms with Crippen LogP contribution < -0.4 is 5.56 Å². The molecule has 0 aliphatic heterocycles. The fraction of sp³-hybridized carbons (Fsp3) is 0.143. The Morgan fingerprint density at radius 2 is 2.07 bits per heavy atom. The summed E-state index contributed by atoms with van der Waals surface area (Å²) in [7, 11) is 0. The van der Waals surface area contributed by atoms with E-state index in [0.717, 1.165) is 0 Å². The Labute approximate surface area is 75.6 Å². The second-order valence-electron chi connectivity index (χ2n) is 2.42. The number of hydrogen-bond acceptors (Lipinski definition) is 3. The molecule has 0 amide bonds. The number of H-pyrrole nitrogens is 1. The van der Waals surface area contributed by atoms with Gasteiger partial charge in [-0.2, -0.15) is 0 Å². The maximum Gasteiger partial charge on any atom is 0.341 e. The van der Waals surface area contributed by atoms with Gasteiger partial charge in [0.05, 0.1) is 0 Å². The van der Waals surface area contributed by atoms with Crippen LogP contribution in [0.2, 0.25) is 0 Å². The number of carbonyl (C=O) groups is 1. The number of carboxylic acids is 1. The fourth-order valence-corrected chi connectivity index (χ4v) is 0.962. The zero-order valence-corrected chi connectivity index (χ0v) is 6.62. The number of nitrogens with one attached hydrogen (secondary N) is 1. The molecule has 0 unspecified atom stereocenters. The third-order valence-corrected chi connectivity index (χ3v) is 1.50. The molecule has 0 fully saturated rings. The molecule has 0 atom stereocenters.